The zero-order valence-corrected chi connectivity index (χ0v) is 20.1. The van der Waals surface area contributed by atoms with E-state index in [1.54, 1.807) is 17.0 Å². The molecular formula is C29H27FN4O2. The van der Waals surface area contributed by atoms with Gasteiger partial charge >= 0.3 is 0 Å². The Morgan fingerprint density at radius 1 is 0.833 bits per heavy atom. The Kier molecular flexibility index (Phi) is 6.62. The van der Waals surface area contributed by atoms with E-state index in [1.165, 1.54) is 16.8 Å². The molecule has 182 valence electrons. The molecule has 1 saturated heterocycles. The van der Waals surface area contributed by atoms with Crippen molar-refractivity contribution in [2.75, 3.05) is 31.1 Å². The van der Waals surface area contributed by atoms with Crippen LogP contribution in [0.25, 0.3) is 22.4 Å². The molecule has 1 fully saturated rings. The summed E-state index contributed by atoms with van der Waals surface area (Å²) in [5.41, 5.74) is 3.46. The van der Waals surface area contributed by atoms with Crippen LogP contribution in [0.15, 0.2) is 89.7 Å². The summed E-state index contributed by atoms with van der Waals surface area (Å²) >= 11 is 0. The van der Waals surface area contributed by atoms with Crippen LogP contribution in [0.3, 0.4) is 0 Å². The van der Waals surface area contributed by atoms with Gasteiger partial charge in [-0.15, -0.1) is 0 Å². The first-order valence-corrected chi connectivity index (χ1v) is 12.1. The van der Waals surface area contributed by atoms with E-state index in [0.29, 0.717) is 44.0 Å². The van der Waals surface area contributed by atoms with Crippen LogP contribution in [0.1, 0.15) is 17.3 Å². The summed E-state index contributed by atoms with van der Waals surface area (Å²) in [5, 5.41) is 4.68. The predicted octanol–water partition coefficient (Wildman–Crippen LogP) is 4.70. The second kappa shape index (κ2) is 10.2. The van der Waals surface area contributed by atoms with Gasteiger partial charge in [-0.1, -0.05) is 60.7 Å². The predicted molar refractivity (Wildman–Crippen MR) is 140 cm³/mol. The number of carbonyl (C=O) groups is 1. The Bertz CT molecular complexity index is 1410. The first-order chi connectivity index (χ1) is 17.6. The molecule has 0 atom stereocenters. The number of anilines is 1. The summed E-state index contributed by atoms with van der Waals surface area (Å²) in [6.45, 7) is 4.30. The second-order valence-corrected chi connectivity index (χ2v) is 8.71. The standard InChI is InChI=1S/C29H27FN4O2/c1-2-34-29(36)26(28(35)33-19-17-32(18-20-33)24-15-13-23(30)14-16-24)25(21-9-5-3-6-10-21)27(31-34)22-11-7-4-8-12-22/h3-16H,2,17-20H2,1H3. The van der Waals surface area contributed by atoms with E-state index in [-0.39, 0.29) is 22.8 Å². The number of hydrogen-bond acceptors (Lipinski definition) is 4. The summed E-state index contributed by atoms with van der Waals surface area (Å²) in [7, 11) is 0. The van der Waals surface area contributed by atoms with Crippen LogP contribution in [0.2, 0.25) is 0 Å². The maximum absolute atomic E-state index is 14.0. The molecule has 6 nitrogen and oxygen atoms in total. The van der Waals surface area contributed by atoms with Crippen LogP contribution in [0.4, 0.5) is 10.1 Å². The normalized spacial score (nSPS) is 13.6. The van der Waals surface area contributed by atoms with Crippen molar-refractivity contribution in [1.29, 1.82) is 0 Å². The third-order valence-electron chi connectivity index (χ3n) is 6.54. The Balaban J connectivity index is 1.56. The number of carbonyl (C=O) groups excluding carboxylic acids is 1. The molecule has 0 unspecified atom stereocenters. The lowest BCUT2D eigenvalue weighted by Crippen LogP contribution is -2.50. The smallest absolute Gasteiger partial charge is 0.280 e. The van der Waals surface area contributed by atoms with Gasteiger partial charge in [0.2, 0.25) is 0 Å². The fraction of sp³-hybridized carbons (Fsp3) is 0.207. The molecule has 5 rings (SSSR count). The van der Waals surface area contributed by atoms with Crippen molar-refractivity contribution in [3.05, 3.63) is 107 Å². The van der Waals surface area contributed by atoms with Crippen LogP contribution in [0.5, 0.6) is 0 Å². The number of rotatable bonds is 5. The van der Waals surface area contributed by atoms with Crippen molar-refractivity contribution >= 4 is 11.6 Å². The van der Waals surface area contributed by atoms with Crippen LogP contribution in [-0.2, 0) is 6.54 Å². The summed E-state index contributed by atoms with van der Waals surface area (Å²) in [6.07, 6.45) is 0. The molecule has 3 aromatic carbocycles. The minimum atomic E-state index is -0.387. The summed E-state index contributed by atoms with van der Waals surface area (Å²) < 4.78 is 14.7. The molecule has 7 heteroatoms. The van der Waals surface area contributed by atoms with Crippen LogP contribution >= 0.6 is 0 Å². The lowest BCUT2D eigenvalue weighted by molar-refractivity contribution is 0.0744. The molecule has 36 heavy (non-hydrogen) atoms. The van der Waals surface area contributed by atoms with Gasteiger partial charge < -0.3 is 9.80 Å². The molecule has 1 aromatic heterocycles. The van der Waals surface area contributed by atoms with Crippen molar-refractivity contribution in [3.63, 3.8) is 0 Å². The van der Waals surface area contributed by atoms with Gasteiger partial charge in [-0.3, -0.25) is 9.59 Å². The minimum absolute atomic E-state index is 0.145. The molecule has 2 heterocycles. The number of amides is 1. The molecule has 4 aromatic rings. The Morgan fingerprint density at radius 3 is 2.00 bits per heavy atom. The van der Waals surface area contributed by atoms with E-state index in [4.69, 9.17) is 0 Å². The van der Waals surface area contributed by atoms with E-state index in [0.717, 1.165) is 16.8 Å². The molecule has 0 N–H and O–H groups in total. The fourth-order valence-corrected chi connectivity index (χ4v) is 4.64. The van der Waals surface area contributed by atoms with Crippen molar-refractivity contribution in [2.45, 2.75) is 13.5 Å². The lowest BCUT2D eigenvalue weighted by Gasteiger charge is -2.36. The topological polar surface area (TPSA) is 58.4 Å². The number of nitrogens with zero attached hydrogens (tertiary/aromatic N) is 4. The van der Waals surface area contributed by atoms with Gasteiger partial charge in [-0.25, -0.2) is 9.07 Å². The zero-order chi connectivity index (χ0) is 25.1. The molecule has 0 spiro atoms. The summed E-state index contributed by atoms with van der Waals surface area (Å²) in [5.74, 6) is -0.570. The quantitative estimate of drug-likeness (QED) is 0.414. The van der Waals surface area contributed by atoms with Crippen LogP contribution < -0.4 is 10.5 Å². The van der Waals surface area contributed by atoms with Crippen molar-refractivity contribution in [2.24, 2.45) is 0 Å². The first kappa shape index (κ1) is 23.5. The Labute approximate surface area is 209 Å². The van der Waals surface area contributed by atoms with Gasteiger partial charge in [0, 0.05) is 49.5 Å². The molecule has 0 bridgehead atoms. The van der Waals surface area contributed by atoms with Gasteiger partial charge in [0.1, 0.15) is 11.4 Å². The van der Waals surface area contributed by atoms with E-state index >= 15 is 0 Å². The van der Waals surface area contributed by atoms with Gasteiger partial charge in [0.05, 0.1) is 5.69 Å². The third-order valence-corrected chi connectivity index (χ3v) is 6.54. The molecule has 1 aliphatic heterocycles. The van der Waals surface area contributed by atoms with Crippen molar-refractivity contribution in [1.82, 2.24) is 14.7 Å². The SMILES string of the molecule is CCn1nc(-c2ccccc2)c(-c2ccccc2)c(C(=O)N2CCN(c3ccc(F)cc3)CC2)c1=O. The minimum Gasteiger partial charge on any atom is -0.368 e. The number of halogens is 1. The highest BCUT2D eigenvalue weighted by molar-refractivity contribution is 6.03. The average molecular weight is 483 g/mol. The van der Waals surface area contributed by atoms with E-state index in [1.807, 2.05) is 67.6 Å². The highest BCUT2D eigenvalue weighted by Crippen LogP contribution is 2.33. The average Bonchev–Trinajstić information content (AvgIpc) is 2.94. The van der Waals surface area contributed by atoms with E-state index < -0.39 is 0 Å². The monoisotopic (exact) mass is 482 g/mol. The molecule has 1 amide bonds. The van der Waals surface area contributed by atoms with Gasteiger partial charge in [0.15, 0.2) is 0 Å². The zero-order valence-electron chi connectivity index (χ0n) is 20.1. The van der Waals surface area contributed by atoms with Gasteiger partial charge in [0.25, 0.3) is 11.5 Å². The lowest BCUT2D eigenvalue weighted by atomic mass is 9.94. The Hall–Kier alpha value is -4.26. The number of piperazine rings is 1. The number of aryl methyl sites for hydroxylation is 1. The summed E-state index contributed by atoms with van der Waals surface area (Å²) in [4.78, 5) is 31.4. The van der Waals surface area contributed by atoms with Gasteiger partial charge in [-0.05, 0) is 36.8 Å². The van der Waals surface area contributed by atoms with E-state index in [9.17, 15) is 14.0 Å². The molecule has 0 aliphatic carbocycles. The second-order valence-electron chi connectivity index (χ2n) is 8.71. The van der Waals surface area contributed by atoms with E-state index in [2.05, 4.69) is 10.00 Å². The van der Waals surface area contributed by atoms with Crippen LogP contribution in [0, 0.1) is 5.82 Å². The van der Waals surface area contributed by atoms with Gasteiger partial charge in [-0.2, -0.15) is 5.10 Å². The molecule has 0 radical (unpaired) electrons. The largest absolute Gasteiger partial charge is 0.368 e. The highest BCUT2D eigenvalue weighted by Gasteiger charge is 2.30. The third kappa shape index (κ3) is 4.52. The van der Waals surface area contributed by atoms with Crippen molar-refractivity contribution < 1.29 is 9.18 Å². The summed E-state index contributed by atoms with van der Waals surface area (Å²) in [6, 6.07) is 25.5. The number of aromatic nitrogens is 2. The maximum Gasteiger partial charge on any atom is 0.280 e. The van der Waals surface area contributed by atoms with Crippen molar-refractivity contribution in [3.8, 4) is 22.4 Å². The molecule has 1 aliphatic rings. The Morgan fingerprint density at radius 2 is 1.42 bits per heavy atom. The number of benzene rings is 3. The molecule has 0 saturated carbocycles. The molecular weight excluding hydrogens is 455 g/mol. The fourth-order valence-electron chi connectivity index (χ4n) is 4.64. The first-order valence-electron chi connectivity index (χ1n) is 12.1. The number of hydrogen-bond donors (Lipinski definition) is 0. The van der Waals surface area contributed by atoms with Crippen LogP contribution in [-0.4, -0.2) is 46.8 Å². The highest BCUT2D eigenvalue weighted by atomic mass is 19.1. The maximum atomic E-state index is 14.0.